The number of carbonyl (C=O) groups is 5. The molecule has 4 atom stereocenters. The van der Waals surface area contributed by atoms with Crippen molar-refractivity contribution in [3.05, 3.63) is 228 Å². The molecule has 0 radical (unpaired) electrons. The number of carbonyl (C=O) groups excluding carboxylic acids is 5. The fourth-order valence-corrected chi connectivity index (χ4v) is 16.0. The Kier molecular flexibility index (Phi) is 42.7. The zero-order valence-electron chi connectivity index (χ0n) is 80.4. The molecule has 0 bridgehead atoms. The second kappa shape index (κ2) is 53.5. The van der Waals surface area contributed by atoms with Crippen LogP contribution in [0.15, 0.2) is 188 Å². The number of anilines is 2. The van der Waals surface area contributed by atoms with Crippen LogP contribution in [0.5, 0.6) is 11.5 Å². The molecule has 9 aromatic rings. The molecule has 0 saturated carbocycles. The highest BCUT2D eigenvalue weighted by Crippen LogP contribution is 2.46. The Morgan fingerprint density at radius 2 is 0.776 bits per heavy atom. The number of rotatable bonds is 47. The van der Waals surface area contributed by atoms with Gasteiger partial charge in [0.1, 0.15) is 54.2 Å². The number of aliphatic hydroxyl groups is 1. The highest BCUT2D eigenvalue weighted by molar-refractivity contribution is 6.14. The van der Waals surface area contributed by atoms with Gasteiger partial charge in [-0.3, -0.25) is 19.2 Å². The van der Waals surface area contributed by atoms with Crippen LogP contribution in [0.3, 0.4) is 0 Å². The van der Waals surface area contributed by atoms with Gasteiger partial charge in [-0.25, -0.2) is 13.6 Å². The first-order chi connectivity index (χ1) is 64.2. The molecule has 7 aromatic carbocycles. The van der Waals surface area contributed by atoms with Gasteiger partial charge in [0.05, 0.1) is 139 Å². The van der Waals surface area contributed by atoms with Crippen molar-refractivity contribution in [3.63, 3.8) is 0 Å². The number of esters is 2. The average molecular weight is 1860 g/mol. The van der Waals surface area contributed by atoms with Crippen LogP contribution >= 0.6 is 0 Å². The summed E-state index contributed by atoms with van der Waals surface area (Å²) < 4.78 is 120. The van der Waals surface area contributed by atoms with Crippen molar-refractivity contribution < 1.29 is 109 Å². The Balaban J connectivity index is 0.000000299. The first kappa shape index (κ1) is 107. The van der Waals surface area contributed by atoms with Crippen LogP contribution < -0.4 is 31.2 Å². The minimum Gasteiger partial charge on any atom is -0.491 e. The number of hydrogen-bond acceptors (Lipinski definition) is 22. The van der Waals surface area contributed by atoms with Gasteiger partial charge in [-0.2, -0.15) is 0 Å². The van der Waals surface area contributed by atoms with Gasteiger partial charge in [0.2, 0.25) is 0 Å². The van der Waals surface area contributed by atoms with E-state index in [1.54, 1.807) is 48.5 Å². The second-order valence-corrected chi connectivity index (χ2v) is 35.8. The highest BCUT2D eigenvalue weighted by Gasteiger charge is 2.41. The Hall–Kier alpha value is -10.8. The number of halogens is 2. The molecule has 29 heteroatoms. The number of ether oxygens (including phenoxy) is 15. The largest absolute Gasteiger partial charge is 0.491 e. The lowest BCUT2D eigenvalue weighted by Crippen LogP contribution is -2.46. The van der Waals surface area contributed by atoms with Crippen LogP contribution in [0.4, 0.5) is 25.0 Å². The molecule has 2 fully saturated rings. The fraction of sp³-hybridized carbons (Fsp3) is 0.476. The van der Waals surface area contributed by atoms with E-state index in [0.29, 0.717) is 178 Å². The van der Waals surface area contributed by atoms with E-state index >= 15 is 0 Å². The topological polar surface area (TPSA) is 316 Å². The molecule has 6 N–H and O–H groups in total. The summed E-state index contributed by atoms with van der Waals surface area (Å²) in [4.78, 5) is 67.1. The second-order valence-electron chi connectivity index (χ2n) is 35.8. The van der Waals surface area contributed by atoms with E-state index in [9.17, 15) is 32.8 Å². The SMILES string of the molecule is CC(C)c1c(C(=O)Nc2ccc(OCCOCCOCCOCCN)cc2)c(-c2ccccc2)c(-c2ccc(F)cc2)n1CC[C@@H]1C[C@H](CC(=O)OC(C)(C)C)OC(C)(C)O1.CC(C)c1c(C(=O)Nc2ccc(OCCOCCOCCOCCNC(=O)OCc3ccccc3)cc2)c(-c2ccccc2)c(-c2ccc(F)cc2)n1CC[C@@H]1C[C@H](CC(=O)OC(C)(C)C)OC(C)(C)O1.CO. The summed E-state index contributed by atoms with van der Waals surface area (Å²) in [7, 11) is 1.00. The van der Waals surface area contributed by atoms with Gasteiger partial charge in [-0.15, -0.1) is 0 Å². The van der Waals surface area contributed by atoms with Crippen molar-refractivity contribution in [1.29, 1.82) is 0 Å². The maximum Gasteiger partial charge on any atom is 0.407 e. The predicted octanol–water partition coefficient (Wildman–Crippen LogP) is 19.1. The molecule has 4 heterocycles. The maximum absolute atomic E-state index is 14.8. The molecular formula is C105H138F2N6O21. The number of hydrogen-bond donors (Lipinski definition) is 5. The van der Waals surface area contributed by atoms with Crippen LogP contribution in [0.2, 0.25) is 0 Å². The summed E-state index contributed by atoms with van der Waals surface area (Å²) in [6.07, 6.45) is 0.414. The zero-order chi connectivity index (χ0) is 96.8. The minimum absolute atomic E-state index is 0.0933. The van der Waals surface area contributed by atoms with Crippen LogP contribution in [-0.4, -0.2) is 204 Å². The highest BCUT2D eigenvalue weighted by atomic mass is 19.1. The van der Waals surface area contributed by atoms with Crippen molar-refractivity contribution in [2.45, 2.75) is 214 Å². The van der Waals surface area contributed by atoms with Gasteiger partial charge >= 0.3 is 18.0 Å². The number of nitrogens with two attached hydrogens (primary N) is 1. The Labute approximate surface area is 787 Å². The molecule has 0 spiro atoms. The maximum atomic E-state index is 14.8. The number of nitrogens with one attached hydrogen (secondary N) is 3. The van der Waals surface area contributed by atoms with E-state index in [1.807, 2.05) is 184 Å². The van der Waals surface area contributed by atoms with Crippen LogP contribution in [0.1, 0.15) is 185 Å². The number of benzene rings is 7. The van der Waals surface area contributed by atoms with E-state index in [2.05, 4.69) is 52.8 Å². The van der Waals surface area contributed by atoms with Crippen molar-refractivity contribution in [3.8, 4) is 56.3 Å². The molecule has 0 aliphatic carbocycles. The molecule has 3 amide bonds. The van der Waals surface area contributed by atoms with Crippen molar-refractivity contribution in [2.75, 3.05) is 123 Å². The Morgan fingerprint density at radius 1 is 0.440 bits per heavy atom. The third-order valence-corrected chi connectivity index (χ3v) is 21.0. The predicted molar refractivity (Wildman–Crippen MR) is 512 cm³/mol. The third-order valence-electron chi connectivity index (χ3n) is 21.0. The molecule has 0 unspecified atom stereocenters. The standard InChI is InChI=1S/C56H70FN3O11.C48H64FN3O9.CH4O/c1-39(2)51-50(53(62)59-44-22-24-45(25-23-44)67-35-34-66-33-32-65-31-30-64-29-27-58-54(63)68-38-40-14-10-8-11-15-40)49(41-16-12-9-13-17-41)52(42-18-20-43(57)21-19-42)60(51)28-26-46-36-47(70-56(6,7)69-46)37-48(61)71-55(3,4)5;1-33(2)44-43(46(54)51-37-17-19-38(20-18-37)58-30-29-57-28-27-56-26-25-55-24-22-50)42(34-11-9-8-10-12-34)45(35-13-15-36(49)16-14-35)52(44)23-21-39-31-40(60-48(6,7)59-39)32-41(53)61-47(3,4)5;1-2/h8-25,39,46-47H,26-38H2,1-7H3,(H,58,63)(H,59,62);8-20,33,39-40H,21-32,50H2,1-7H3,(H,51,54);2H,1H3/t46-,47-;39-,40-;/m11./s1. The summed E-state index contributed by atoms with van der Waals surface area (Å²) in [6, 6.07) is 56.2. The van der Waals surface area contributed by atoms with Gasteiger partial charge in [0.15, 0.2) is 11.6 Å². The van der Waals surface area contributed by atoms with Gasteiger partial charge in [0.25, 0.3) is 11.8 Å². The third kappa shape index (κ3) is 35.2. The Bertz CT molecular complexity index is 5040. The number of aliphatic hydroxyl groups excluding tert-OH is 1. The number of alkyl carbamates (subject to hydrolysis) is 1. The number of aromatic nitrogens is 2. The molecule has 2 saturated heterocycles. The van der Waals surface area contributed by atoms with Gasteiger partial charge in [-0.1, -0.05) is 119 Å². The molecule has 2 aromatic heterocycles. The molecule has 134 heavy (non-hydrogen) atoms. The Morgan fingerprint density at radius 3 is 1.13 bits per heavy atom. The quantitative estimate of drug-likeness (QED) is 0.0134. The molecule has 2 aliphatic rings. The van der Waals surface area contributed by atoms with E-state index < -0.39 is 41.1 Å². The van der Waals surface area contributed by atoms with Crippen LogP contribution in [0, 0.1) is 11.6 Å². The number of nitrogens with zero attached hydrogens (tertiary/aromatic N) is 2. The van der Waals surface area contributed by atoms with Crippen molar-refractivity contribution in [2.24, 2.45) is 5.73 Å². The normalized spacial score (nSPS) is 15.8. The summed E-state index contributed by atoms with van der Waals surface area (Å²) in [6.45, 7) is 34.4. The summed E-state index contributed by atoms with van der Waals surface area (Å²) in [5.74, 6) is -2.77. The number of amides is 3. The molecule has 728 valence electrons. The first-order valence-corrected chi connectivity index (χ1v) is 46.1. The van der Waals surface area contributed by atoms with Gasteiger partial charge in [0, 0.05) is 80.0 Å². The van der Waals surface area contributed by atoms with Crippen LogP contribution in [0.25, 0.3) is 44.8 Å². The van der Waals surface area contributed by atoms with Gasteiger partial charge < -0.3 is 107 Å². The minimum atomic E-state index is -0.945. The van der Waals surface area contributed by atoms with Crippen LogP contribution in [-0.2, 0) is 90.9 Å². The summed E-state index contributed by atoms with van der Waals surface area (Å²) in [5.41, 5.74) is 15.2. The molecule has 2 aliphatic heterocycles. The van der Waals surface area contributed by atoms with E-state index in [1.165, 1.54) is 24.3 Å². The summed E-state index contributed by atoms with van der Waals surface area (Å²) in [5, 5.41) is 16.0. The van der Waals surface area contributed by atoms with E-state index in [-0.39, 0.29) is 78.9 Å². The molecule has 11 rings (SSSR count). The average Bonchev–Trinajstić information content (AvgIpc) is 1.59. The lowest BCUT2D eigenvalue weighted by Gasteiger charge is -2.41. The fourth-order valence-electron chi connectivity index (χ4n) is 16.0. The van der Waals surface area contributed by atoms with E-state index in [0.717, 1.165) is 68.8 Å². The lowest BCUT2D eigenvalue weighted by atomic mass is 9.94. The zero-order valence-corrected chi connectivity index (χ0v) is 80.4. The van der Waals surface area contributed by atoms with Crippen molar-refractivity contribution in [1.82, 2.24) is 14.5 Å². The van der Waals surface area contributed by atoms with Crippen molar-refractivity contribution >= 4 is 41.2 Å². The summed E-state index contributed by atoms with van der Waals surface area (Å²) >= 11 is 0. The smallest absolute Gasteiger partial charge is 0.407 e. The molecular weight excluding hydrogens is 1720 g/mol. The van der Waals surface area contributed by atoms with E-state index in [4.69, 9.17) is 81.9 Å². The monoisotopic (exact) mass is 1860 g/mol. The lowest BCUT2D eigenvalue weighted by molar-refractivity contribution is -0.301. The molecule has 27 nitrogen and oxygen atoms in total. The first-order valence-electron chi connectivity index (χ1n) is 46.1. The van der Waals surface area contributed by atoms with Gasteiger partial charge in [-0.05, 0) is 219 Å².